The number of nitrogens with zero attached hydrogens (tertiary/aromatic N) is 1. The predicted octanol–water partition coefficient (Wildman–Crippen LogP) is 1.21. The first kappa shape index (κ1) is 24.1. The quantitative estimate of drug-likeness (QED) is 0.491. The van der Waals surface area contributed by atoms with Crippen molar-refractivity contribution in [1.29, 1.82) is 0 Å². The molecular formula is C17H24N4O6S3. The summed E-state index contributed by atoms with van der Waals surface area (Å²) in [5.74, 6) is 0. The topological polar surface area (TPSA) is 156 Å². The van der Waals surface area contributed by atoms with Crippen LogP contribution in [0.1, 0.15) is 13.3 Å². The summed E-state index contributed by atoms with van der Waals surface area (Å²) in [6.07, 6.45) is 0.744. The van der Waals surface area contributed by atoms with Gasteiger partial charge in [-0.15, -0.1) is 0 Å². The Hall–Kier alpha value is -2.19. The second-order valence-electron chi connectivity index (χ2n) is 6.55. The molecule has 0 unspecified atom stereocenters. The Kier molecular flexibility index (Phi) is 7.14. The van der Waals surface area contributed by atoms with Gasteiger partial charge < -0.3 is 5.32 Å². The van der Waals surface area contributed by atoms with Crippen LogP contribution in [0.15, 0.2) is 57.2 Å². The zero-order valence-electron chi connectivity index (χ0n) is 16.7. The summed E-state index contributed by atoms with van der Waals surface area (Å²) in [5, 5.41) is 8.15. The second-order valence-corrected chi connectivity index (χ2v) is 11.9. The van der Waals surface area contributed by atoms with E-state index in [1.165, 1.54) is 44.4 Å². The predicted molar refractivity (Wildman–Crippen MR) is 115 cm³/mol. The van der Waals surface area contributed by atoms with Crippen LogP contribution in [0.25, 0.3) is 0 Å². The van der Waals surface area contributed by atoms with Crippen molar-refractivity contribution in [2.24, 2.45) is 5.14 Å². The Morgan fingerprint density at radius 2 is 1.50 bits per heavy atom. The molecule has 0 bridgehead atoms. The number of primary sulfonamides is 1. The van der Waals surface area contributed by atoms with E-state index in [-0.39, 0.29) is 20.4 Å². The Morgan fingerprint density at radius 1 is 0.867 bits per heavy atom. The molecule has 4 N–H and O–H groups in total. The lowest BCUT2D eigenvalue weighted by molar-refractivity contribution is 0.520. The van der Waals surface area contributed by atoms with E-state index in [1.54, 1.807) is 0 Å². The summed E-state index contributed by atoms with van der Waals surface area (Å²) in [7, 11) is -9.49. The Balaban J connectivity index is 2.53. The van der Waals surface area contributed by atoms with Crippen LogP contribution in [-0.2, 0) is 30.1 Å². The molecule has 2 aromatic rings. The SMILES string of the molecule is CCCNc1ccc(S(N)(=O)=O)cc1NS(=O)(=O)c1cccc(S(=O)(=O)N(C)C)c1. The lowest BCUT2D eigenvalue weighted by Crippen LogP contribution is -2.23. The third kappa shape index (κ3) is 5.49. The maximum atomic E-state index is 12.9. The van der Waals surface area contributed by atoms with E-state index in [2.05, 4.69) is 10.0 Å². The van der Waals surface area contributed by atoms with Gasteiger partial charge in [-0.2, -0.15) is 0 Å². The lowest BCUT2D eigenvalue weighted by atomic mass is 10.2. The van der Waals surface area contributed by atoms with E-state index in [0.717, 1.165) is 22.9 Å². The second kappa shape index (κ2) is 8.89. The molecule has 10 nitrogen and oxygen atoms in total. The van der Waals surface area contributed by atoms with E-state index in [9.17, 15) is 25.3 Å². The first-order chi connectivity index (χ1) is 13.8. The number of sulfonamides is 3. The summed E-state index contributed by atoms with van der Waals surface area (Å²) < 4.78 is 77.1. The summed E-state index contributed by atoms with van der Waals surface area (Å²) in [6, 6.07) is 8.62. The smallest absolute Gasteiger partial charge is 0.262 e. The van der Waals surface area contributed by atoms with Gasteiger partial charge >= 0.3 is 0 Å². The van der Waals surface area contributed by atoms with Crippen molar-refractivity contribution in [1.82, 2.24) is 4.31 Å². The summed E-state index contributed by atoms with van der Waals surface area (Å²) in [4.78, 5) is -0.767. The number of benzene rings is 2. The number of hydrogen-bond acceptors (Lipinski definition) is 7. The highest BCUT2D eigenvalue weighted by atomic mass is 32.2. The molecule has 0 aliphatic carbocycles. The molecule has 0 aliphatic heterocycles. The molecule has 30 heavy (non-hydrogen) atoms. The average molecular weight is 477 g/mol. The average Bonchev–Trinajstić information content (AvgIpc) is 2.66. The van der Waals surface area contributed by atoms with Crippen LogP contribution in [0.3, 0.4) is 0 Å². The third-order valence-corrected chi connectivity index (χ3v) is 8.11. The Morgan fingerprint density at radius 3 is 2.07 bits per heavy atom. The van der Waals surface area contributed by atoms with Gasteiger partial charge in [0.25, 0.3) is 10.0 Å². The summed E-state index contributed by atoms with van der Waals surface area (Å²) in [5.41, 5.74) is 0.320. The number of anilines is 2. The van der Waals surface area contributed by atoms with Gasteiger partial charge in [0, 0.05) is 20.6 Å². The normalized spacial score (nSPS) is 12.7. The summed E-state index contributed by atoms with van der Waals surface area (Å²) in [6.45, 7) is 2.42. The first-order valence-corrected chi connectivity index (χ1v) is 13.2. The highest BCUT2D eigenvalue weighted by Crippen LogP contribution is 2.28. The van der Waals surface area contributed by atoms with Gasteiger partial charge in [-0.05, 0) is 42.8 Å². The molecule has 0 aromatic heterocycles. The van der Waals surface area contributed by atoms with Gasteiger partial charge in [-0.3, -0.25) is 4.72 Å². The maximum absolute atomic E-state index is 12.9. The van der Waals surface area contributed by atoms with E-state index in [1.807, 2.05) is 6.92 Å². The number of nitrogens with two attached hydrogens (primary N) is 1. The molecule has 0 saturated heterocycles. The molecule has 166 valence electrons. The van der Waals surface area contributed by atoms with Crippen molar-refractivity contribution in [3.63, 3.8) is 0 Å². The molecular weight excluding hydrogens is 452 g/mol. The van der Waals surface area contributed by atoms with Crippen molar-refractivity contribution in [3.8, 4) is 0 Å². The van der Waals surface area contributed by atoms with E-state index < -0.39 is 30.1 Å². The first-order valence-electron chi connectivity index (χ1n) is 8.75. The molecule has 0 aliphatic rings. The van der Waals surface area contributed by atoms with E-state index in [4.69, 9.17) is 5.14 Å². The van der Waals surface area contributed by atoms with Crippen LogP contribution >= 0.6 is 0 Å². The molecule has 0 amide bonds. The molecule has 0 heterocycles. The molecule has 0 saturated carbocycles. The fourth-order valence-corrected chi connectivity index (χ4v) is 5.09. The van der Waals surface area contributed by atoms with Gasteiger partial charge in [0.05, 0.1) is 26.1 Å². The van der Waals surface area contributed by atoms with E-state index >= 15 is 0 Å². The molecule has 2 rings (SSSR count). The number of rotatable bonds is 9. The molecule has 0 fully saturated rings. The zero-order chi connectivity index (χ0) is 22.7. The molecule has 13 heteroatoms. The largest absolute Gasteiger partial charge is 0.383 e. The van der Waals surface area contributed by atoms with Crippen LogP contribution in [0.4, 0.5) is 11.4 Å². The summed E-state index contributed by atoms with van der Waals surface area (Å²) >= 11 is 0. The monoisotopic (exact) mass is 476 g/mol. The van der Waals surface area contributed by atoms with Crippen molar-refractivity contribution >= 4 is 41.4 Å². The third-order valence-electron chi connectivity index (χ3n) is 4.02. The van der Waals surface area contributed by atoms with Gasteiger partial charge in [0.1, 0.15) is 0 Å². The van der Waals surface area contributed by atoms with Crippen LogP contribution in [0.2, 0.25) is 0 Å². The minimum Gasteiger partial charge on any atom is -0.383 e. The zero-order valence-corrected chi connectivity index (χ0v) is 19.1. The van der Waals surface area contributed by atoms with Gasteiger partial charge in [0.2, 0.25) is 20.0 Å². The van der Waals surface area contributed by atoms with Gasteiger partial charge in [-0.25, -0.2) is 34.7 Å². The fourth-order valence-electron chi connectivity index (χ4n) is 2.41. The van der Waals surface area contributed by atoms with Crippen molar-refractivity contribution in [2.45, 2.75) is 28.0 Å². The lowest BCUT2D eigenvalue weighted by Gasteiger charge is -2.16. The van der Waals surface area contributed by atoms with Crippen molar-refractivity contribution in [2.75, 3.05) is 30.7 Å². The maximum Gasteiger partial charge on any atom is 0.262 e. The van der Waals surface area contributed by atoms with Crippen molar-refractivity contribution < 1.29 is 25.3 Å². The molecule has 2 aromatic carbocycles. The minimum absolute atomic E-state index is 0.0316. The van der Waals surface area contributed by atoms with Gasteiger partial charge in [0.15, 0.2) is 0 Å². The van der Waals surface area contributed by atoms with Crippen molar-refractivity contribution in [3.05, 3.63) is 42.5 Å². The molecule has 0 atom stereocenters. The van der Waals surface area contributed by atoms with Gasteiger partial charge in [-0.1, -0.05) is 13.0 Å². The number of nitrogens with one attached hydrogen (secondary N) is 2. The molecule has 0 radical (unpaired) electrons. The fraction of sp³-hybridized carbons (Fsp3) is 0.294. The minimum atomic E-state index is -4.24. The Labute approximate surface area is 177 Å². The molecule has 0 spiro atoms. The van der Waals surface area contributed by atoms with E-state index in [0.29, 0.717) is 12.2 Å². The van der Waals surface area contributed by atoms with Crippen LogP contribution in [0.5, 0.6) is 0 Å². The Bertz CT molecular complexity index is 1240. The van der Waals surface area contributed by atoms with Crippen LogP contribution in [-0.4, -0.2) is 50.2 Å². The van der Waals surface area contributed by atoms with Crippen LogP contribution in [0, 0.1) is 0 Å². The number of hydrogen-bond donors (Lipinski definition) is 3. The van der Waals surface area contributed by atoms with Crippen LogP contribution < -0.4 is 15.2 Å². The standard InChI is InChI=1S/C17H24N4O6S3/c1-4-10-19-16-9-8-13(28(18,22)23)12-17(16)20-29(24,25)14-6-5-7-15(11-14)30(26,27)21(2)3/h5-9,11-12,19-20H,4,10H2,1-3H3,(H2,18,22,23). The highest BCUT2D eigenvalue weighted by Gasteiger charge is 2.23. The highest BCUT2D eigenvalue weighted by molar-refractivity contribution is 7.93.